The molecule has 1 aromatic rings. The molecule has 0 radical (unpaired) electrons. The normalized spacial score (nSPS) is 13.0. The molecule has 0 aliphatic carbocycles. The Morgan fingerprint density at radius 1 is 1.28 bits per heavy atom. The molecule has 0 spiro atoms. The summed E-state index contributed by atoms with van der Waals surface area (Å²) in [4.78, 5) is 36.3. The Bertz CT molecular complexity index is 604. The Morgan fingerprint density at radius 2 is 2.00 bits per heavy atom. The highest BCUT2D eigenvalue weighted by molar-refractivity contribution is 5.98. The third kappa shape index (κ3) is 6.64. The zero-order chi connectivity index (χ0) is 18.8. The molecule has 7 heteroatoms. The Labute approximate surface area is 148 Å². The minimum Gasteiger partial charge on any atom is -0.396 e. The van der Waals surface area contributed by atoms with E-state index in [9.17, 15) is 14.4 Å². The number of aliphatic hydroxyl groups is 1. The lowest BCUT2D eigenvalue weighted by Crippen LogP contribution is -2.51. The number of rotatable bonds is 10. The van der Waals surface area contributed by atoms with Crippen LogP contribution in [-0.4, -0.2) is 41.9 Å². The van der Waals surface area contributed by atoms with Crippen LogP contribution >= 0.6 is 0 Å². The molecule has 2 atom stereocenters. The maximum Gasteiger partial charge on any atom is 0.251 e. The van der Waals surface area contributed by atoms with Crippen LogP contribution in [0.3, 0.4) is 0 Å². The summed E-state index contributed by atoms with van der Waals surface area (Å²) in [6, 6.07) is 6.16. The summed E-state index contributed by atoms with van der Waals surface area (Å²) >= 11 is 0. The summed E-state index contributed by atoms with van der Waals surface area (Å²) in [5, 5.41) is 14.0. The van der Waals surface area contributed by atoms with Crippen molar-refractivity contribution in [3.05, 3.63) is 35.4 Å². The number of nitrogens with one attached hydrogen (secondary N) is 2. The van der Waals surface area contributed by atoms with Crippen molar-refractivity contribution in [3.63, 3.8) is 0 Å². The van der Waals surface area contributed by atoms with Crippen molar-refractivity contribution in [2.75, 3.05) is 13.2 Å². The Balaban J connectivity index is 2.79. The van der Waals surface area contributed by atoms with Gasteiger partial charge >= 0.3 is 0 Å². The van der Waals surface area contributed by atoms with Gasteiger partial charge in [0.15, 0.2) is 5.78 Å². The minimum absolute atomic E-state index is 0.00742. The van der Waals surface area contributed by atoms with Gasteiger partial charge in [0.2, 0.25) is 5.91 Å². The highest BCUT2D eigenvalue weighted by atomic mass is 16.3. The Morgan fingerprint density at radius 3 is 2.60 bits per heavy atom. The largest absolute Gasteiger partial charge is 0.396 e. The number of benzene rings is 1. The summed E-state index contributed by atoms with van der Waals surface area (Å²) in [5.74, 6) is -1.14. The fraction of sp³-hybridized carbons (Fsp3) is 0.500. The first-order valence-electron chi connectivity index (χ1n) is 8.43. The quantitative estimate of drug-likeness (QED) is 0.486. The monoisotopic (exact) mass is 349 g/mol. The van der Waals surface area contributed by atoms with Gasteiger partial charge in [-0.15, -0.1) is 0 Å². The average Bonchev–Trinajstić information content (AvgIpc) is 2.63. The number of carbonyl (C=O) groups excluding carboxylic acids is 3. The van der Waals surface area contributed by atoms with Crippen molar-refractivity contribution in [2.45, 2.75) is 39.3 Å². The summed E-state index contributed by atoms with van der Waals surface area (Å²) in [6.07, 6.45) is 0.679. The third-order valence-electron chi connectivity index (χ3n) is 4.06. The summed E-state index contributed by atoms with van der Waals surface area (Å²) < 4.78 is 0. The first-order valence-corrected chi connectivity index (χ1v) is 8.43. The standard InChI is InChI=1S/C18H27N3O4/c1-3-12(2)16(18(25)20-11-15(23)7-8-22)21-17(24)14-6-4-5-13(9-14)10-19/h4-6,9,12,16,22H,3,7-8,10-11,19H2,1-2H3,(H,20,25)(H,21,24)/t12?,16-/m0/s1. The molecule has 5 N–H and O–H groups in total. The zero-order valence-corrected chi connectivity index (χ0v) is 14.7. The maximum atomic E-state index is 12.5. The van der Waals surface area contributed by atoms with Gasteiger partial charge in [-0.1, -0.05) is 32.4 Å². The first-order chi connectivity index (χ1) is 11.9. The second-order valence-corrected chi connectivity index (χ2v) is 5.97. The van der Waals surface area contributed by atoms with Gasteiger partial charge in [-0.05, 0) is 23.6 Å². The van der Waals surface area contributed by atoms with Gasteiger partial charge in [0.05, 0.1) is 13.2 Å². The smallest absolute Gasteiger partial charge is 0.251 e. The van der Waals surface area contributed by atoms with Crippen LogP contribution in [0.1, 0.15) is 42.6 Å². The van der Waals surface area contributed by atoms with E-state index in [4.69, 9.17) is 10.8 Å². The van der Waals surface area contributed by atoms with Crippen molar-refractivity contribution in [1.82, 2.24) is 10.6 Å². The number of nitrogens with two attached hydrogens (primary N) is 1. The van der Waals surface area contributed by atoms with Crippen LogP contribution in [0.15, 0.2) is 24.3 Å². The molecule has 0 saturated carbocycles. The van der Waals surface area contributed by atoms with Crippen LogP contribution in [0, 0.1) is 5.92 Å². The van der Waals surface area contributed by atoms with Gasteiger partial charge in [-0.25, -0.2) is 0 Å². The van der Waals surface area contributed by atoms with Gasteiger partial charge < -0.3 is 21.5 Å². The van der Waals surface area contributed by atoms with Crippen LogP contribution in [-0.2, 0) is 16.1 Å². The van der Waals surface area contributed by atoms with Gasteiger partial charge in [-0.3, -0.25) is 14.4 Å². The molecular weight excluding hydrogens is 322 g/mol. The number of carbonyl (C=O) groups is 3. The molecule has 25 heavy (non-hydrogen) atoms. The molecule has 2 amide bonds. The van der Waals surface area contributed by atoms with Crippen LogP contribution in [0.5, 0.6) is 0 Å². The molecule has 0 aromatic heterocycles. The van der Waals surface area contributed by atoms with E-state index in [0.29, 0.717) is 18.5 Å². The molecular formula is C18H27N3O4. The lowest BCUT2D eigenvalue weighted by atomic mass is 9.97. The number of Topliss-reactive ketones (excluding diaryl/α,β-unsaturated/α-hetero) is 1. The molecule has 0 saturated heterocycles. The number of amides is 2. The van der Waals surface area contributed by atoms with Crippen molar-refractivity contribution in [1.29, 1.82) is 0 Å². The van der Waals surface area contributed by atoms with Crippen LogP contribution in [0.4, 0.5) is 0 Å². The topological polar surface area (TPSA) is 122 Å². The molecule has 0 bridgehead atoms. The fourth-order valence-corrected chi connectivity index (χ4v) is 2.27. The zero-order valence-electron chi connectivity index (χ0n) is 14.7. The summed E-state index contributed by atoms with van der Waals surface area (Å²) in [7, 11) is 0. The van der Waals surface area contributed by atoms with E-state index in [2.05, 4.69) is 10.6 Å². The number of ketones is 1. The third-order valence-corrected chi connectivity index (χ3v) is 4.06. The fourth-order valence-electron chi connectivity index (χ4n) is 2.27. The number of hydrogen-bond donors (Lipinski definition) is 4. The molecule has 0 aliphatic heterocycles. The molecule has 138 valence electrons. The maximum absolute atomic E-state index is 12.5. The van der Waals surface area contributed by atoms with Gasteiger partial charge in [-0.2, -0.15) is 0 Å². The predicted octanol–water partition coefficient (Wildman–Crippen LogP) is 0.358. The minimum atomic E-state index is -0.749. The van der Waals surface area contributed by atoms with Gasteiger partial charge in [0, 0.05) is 18.5 Å². The van der Waals surface area contributed by atoms with E-state index >= 15 is 0 Å². The van der Waals surface area contributed by atoms with Crippen LogP contribution in [0.25, 0.3) is 0 Å². The van der Waals surface area contributed by atoms with Crippen molar-refractivity contribution in [2.24, 2.45) is 11.7 Å². The van der Waals surface area contributed by atoms with E-state index < -0.39 is 11.9 Å². The Kier molecular flexibility index (Phi) is 8.80. The molecule has 1 unspecified atom stereocenters. The highest BCUT2D eigenvalue weighted by Crippen LogP contribution is 2.11. The molecule has 1 rings (SSSR count). The molecule has 0 heterocycles. The van der Waals surface area contributed by atoms with Gasteiger partial charge in [0.25, 0.3) is 5.91 Å². The predicted molar refractivity (Wildman–Crippen MR) is 94.8 cm³/mol. The average molecular weight is 349 g/mol. The van der Waals surface area contributed by atoms with Gasteiger partial charge in [0.1, 0.15) is 6.04 Å². The van der Waals surface area contributed by atoms with E-state index in [0.717, 1.165) is 5.56 Å². The highest BCUT2D eigenvalue weighted by Gasteiger charge is 2.26. The lowest BCUT2D eigenvalue weighted by Gasteiger charge is -2.23. The van der Waals surface area contributed by atoms with E-state index in [-0.39, 0.29) is 37.2 Å². The van der Waals surface area contributed by atoms with E-state index in [1.54, 1.807) is 18.2 Å². The Hall–Kier alpha value is -2.25. The molecule has 0 fully saturated rings. The molecule has 1 aromatic carbocycles. The lowest BCUT2D eigenvalue weighted by molar-refractivity contribution is -0.127. The van der Waals surface area contributed by atoms with Crippen molar-refractivity contribution < 1.29 is 19.5 Å². The summed E-state index contributed by atoms with van der Waals surface area (Å²) in [6.45, 7) is 3.69. The van der Waals surface area contributed by atoms with Crippen LogP contribution in [0.2, 0.25) is 0 Å². The van der Waals surface area contributed by atoms with E-state index in [1.165, 1.54) is 0 Å². The first kappa shape index (κ1) is 20.8. The summed E-state index contributed by atoms with van der Waals surface area (Å²) in [5.41, 5.74) is 6.84. The molecule has 0 aliphatic rings. The molecule has 7 nitrogen and oxygen atoms in total. The second kappa shape index (κ2) is 10.6. The van der Waals surface area contributed by atoms with E-state index in [1.807, 2.05) is 19.9 Å². The number of aliphatic hydroxyl groups excluding tert-OH is 1. The second-order valence-electron chi connectivity index (χ2n) is 5.97. The van der Waals surface area contributed by atoms with Crippen LogP contribution < -0.4 is 16.4 Å². The SMILES string of the molecule is CCC(C)[C@H](NC(=O)c1cccc(CN)c1)C(=O)NCC(=O)CCO. The van der Waals surface area contributed by atoms with Crippen molar-refractivity contribution >= 4 is 17.6 Å². The van der Waals surface area contributed by atoms with Crippen molar-refractivity contribution in [3.8, 4) is 0 Å². The number of hydrogen-bond acceptors (Lipinski definition) is 5.